The summed E-state index contributed by atoms with van der Waals surface area (Å²) in [5.74, 6) is 0. The molecule has 122 valence electrons. The summed E-state index contributed by atoms with van der Waals surface area (Å²) in [5.41, 5.74) is 2.83. The van der Waals surface area contributed by atoms with Crippen molar-refractivity contribution in [2.24, 2.45) is 0 Å². The van der Waals surface area contributed by atoms with Crippen LogP contribution in [-0.4, -0.2) is 44.1 Å². The van der Waals surface area contributed by atoms with Gasteiger partial charge in [0.25, 0.3) is 0 Å². The molecule has 0 bridgehead atoms. The molecule has 7 heteroatoms. The van der Waals surface area contributed by atoms with Gasteiger partial charge < -0.3 is 10.6 Å². The largest absolute Gasteiger partial charge is 0.334 e. The lowest BCUT2D eigenvalue weighted by atomic mass is 10.1. The van der Waals surface area contributed by atoms with Crippen molar-refractivity contribution in [3.63, 3.8) is 0 Å². The molecule has 1 atom stereocenters. The molecular formula is C15H23N3O3S. The van der Waals surface area contributed by atoms with Crippen LogP contribution >= 0.6 is 0 Å². The van der Waals surface area contributed by atoms with Crippen molar-refractivity contribution in [2.45, 2.75) is 32.7 Å². The Hall–Kier alpha value is -1.60. The molecule has 2 N–H and O–H groups in total. The maximum Gasteiger partial charge on any atom is 0.319 e. The molecule has 1 aromatic carbocycles. The lowest BCUT2D eigenvalue weighted by Gasteiger charge is -2.31. The predicted molar refractivity (Wildman–Crippen MR) is 87.5 cm³/mol. The number of nitrogens with zero attached hydrogens (tertiary/aromatic N) is 1. The summed E-state index contributed by atoms with van der Waals surface area (Å²) >= 11 is 0. The fraction of sp³-hybridized carbons (Fsp3) is 0.533. The lowest BCUT2D eigenvalue weighted by Crippen LogP contribution is -2.50. The van der Waals surface area contributed by atoms with E-state index in [0.29, 0.717) is 13.1 Å². The third-order valence-corrected chi connectivity index (χ3v) is 5.10. The van der Waals surface area contributed by atoms with Crippen molar-refractivity contribution in [1.29, 1.82) is 0 Å². The van der Waals surface area contributed by atoms with Gasteiger partial charge in [-0.25, -0.2) is 17.5 Å². The van der Waals surface area contributed by atoms with E-state index in [0.717, 1.165) is 29.7 Å². The van der Waals surface area contributed by atoms with Crippen LogP contribution < -0.4 is 10.6 Å². The number of anilines is 1. The van der Waals surface area contributed by atoms with Crippen LogP contribution in [0.4, 0.5) is 10.5 Å². The number of carbonyl (C=O) groups is 1. The number of rotatable bonds is 3. The van der Waals surface area contributed by atoms with E-state index in [9.17, 15) is 13.2 Å². The number of amides is 2. The van der Waals surface area contributed by atoms with Crippen molar-refractivity contribution in [3.05, 3.63) is 29.3 Å². The maximum atomic E-state index is 12.1. The number of hydrogen-bond donors (Lipinski definition) is 2. The summed E-state index contributed by atoms with van der Waals surface area (Å²) in [6.45, 7) is 4.75. The molecule has 1 aliphatic rings. The summed E-state index contributed by atoms with van der Waals surface area (Å²) in [6, 6.07) is 5.40. The smallest absolute Gasteiger partial charge is 0.319 e. The molecule has 0 aliphatic carbocycles. The summed E-state index contributed by atoms with van der Waals surface area (Å²) < 4.78 is 24.6. The van der Waals surface area contributed by atoms with E-state index >= 15 is 0 Å². The summed E-state index contributed by atoms with van der Waals surface area (Å²) in [6.07, 6.45) is 2.74. The molecule has 22 heavy (non-hydrogen) atoms. The van der Waals surface area contributed by atoms with Gasteiger partial charge in [0.05, 0.1) is 6.26 Å². The van der Waals surface area contributed by atoms with Crippen LogP contribution in [-0.2, 0) is 10.0 Å². The molecule has 1 fully saturated rings. The van der Waals surface area contributed by atoms with Crippen LogP contribution in [0.3, 0.4) is 0 Å². The van der Waals surface area contributed by atoms with Gasteiger partial charge in [0.1, 0.15) is 0 Å². The molecule has 1 aliphatic heterocycles. The number of carbonyl (C=O) groups excluding carboxylic acids is 1. The van der Waals surface area contributed by atoms with Gasteiger partial charge >= 0.3 is 6.03 Å². The van der Waals surface area contributed by atoms with E-state index in [1.807, 2.05) is 32.0 Å². The first-order chi connectivity index (χ1) is 10.3. The average molecular weight is 325 g/mol. The van der Waals surface area contributed by atoms with Crippen LogP contribution in [0.15, 0.2) is 18.2 Å². The number of sulfonamides is 1. The Kier molecular flexibility index (Phi) is 5.08. The molecule has 1 saturated heterocycles. The Morgan fingerprint density at radius 3 is 2.73 bits per heavy atom. The highest BCUT2D eigenvalue weighted by Gasteiger charge is 2.26. The zero-order chi connectivity index (χ0) is 16.3. The first kappa shape index (κ1) is 16.8. The molecule has 0 unspecified atom stereocenters. The molecule has 2 amide bonds. The predicted octanol–water partition coefficient (Wildman–Crippen LogP) is 1.85. The van der Waals surface area contributed by atoms with Crippen LogP contribution in [0.25, 0.3) is 0 Å². The Morgan fingerprint density at radius 2 is 2.05 bits per heavy atom. The zero-order valence-electron chi connectivity index (χ0n) is 13.2. The lowest BCUT2D eigenvalue weighted by molar-refractivity contribution is 0.236. The van der Waals surface area contributed by atoms with Crippen molar-refractivity contribution in [1.82, 2.24) is 9.62 Å². The van der Waals surface area contributed by atoms with Crippen LogP contribution in [0, 0.1) is 13.8 Å². The van der Waals surface area contributed by atoms with E-state index < -0.39 is 10.0 Å². The standard InChI is InChI=1S/C15H23N3O3S/c1-11-6-7-12(2)14(9-11)17-15(19)16-13-5-4-8-18(10-13)22(3,20)21/h6-7,9,13H,4-5,8,10H2,1-3H3,(H2,16,17,19)/t13-/m0/s1. The minimum absolute atomic E-state index is 0.159. The second-order valence-electron chi connectivity index (χ2n) is 5.88. The fourth-order valence-electron chi connectivity index (χ4n) is 2.58. The van der Waals surface area contributed by atoms with Gasteiger partial charge in [-0.3, -0.25) is 0 Å². The summed E-state index contributed by atoms with van der Waals surface area (Å²) in [7, 11) is -3.20. The van der Waals surface area contributed by atoms with Crippen LogP contribution in [0.5, 0.6) is 0 Å². The van der Waals surface area contributed by atoms with Crippen molar-refractivity contribution in [2.75, 3.05) is 24.7 Å². The molecule has 1 heterocycles. The SMILES string of the molecule is Cc1ccc(C)c(NC(=O)N[C@H]2CCCN(S(C)(=O)=O)C2)c1. The van der Waals surface area contributed by atoms with E-state index in [4.69, 9.17) is 0 Å². The first-order valence-electron chi connectivity index (χ1n) is 7.35. The van der Waals surface area contributed by atoms with E-state index in [2.05, 4.69) is 10.6 Å². The molecule has 1 aromatic rings. The number of hydrogen-bond acceptors (Lipinski definition) is 3. The first-order valence-corrected chi connectivity index (χ1v) is 9.20. The highest BCUT2D eigenvalue weighted by atomic mass is 32.2. The van der Waals surface area contributed by atoms with E-state index in [1.54, 1.807) is 0 Å². The summed E-state index contributed by atoms with van der Waals surface area (Å²) in [4.78, 5) is 12.1. The van der Waals surface area contributed by atoms with Crippen LogP contribution in [0.1, 0.15) is 24.0 Å². The van der Waals surface area contributed by atoms with Gasteiger partial charge in [-0.05, 0) is 43.9 Å². The Morgan fingerprint density at radius 1 is 1.32 bits per heavy atom. The maximum absolute atomic E-state index is 12.1. The number of benzene rings is 1. The Bertz CT molecular complexity index is 658. The average Bonchev–Trinajstić information content (AvgIpc) is 2.42. The minimum atomic E-state index is -3.20. The topological polar surface area (TPSA) is 78.5 Å². The van der Waals surface area contributed by atoms with Crippen molar-refractivity contribution in [3.8, 4) is 0 Å². The fourth-order valence-corrected chi connectivity index (χ4v) is 3.49. The molecule has 0 aromatic heterocycles. The van der Waals surface area contributed by atoms with Gasteiger partial charge in [0.15, 0.2) is 0 Å². The normalized spacial score (nSPS) is 19.7. The van der Waals surface area contributed by atoms with Gasteiger partial charge in [0, 0.05) is 24.8 Å². The molecule has 0 radical (unpaired) electrons. The van der Waals surface area contributed by atoms with E-state index in [1.165, 1.54) is 10.6 Å². The number of nitrogens with one attached hydrogen (secondary N) is 2. The highest BCUT2D eigenvalue weighted by molar-refractivity contribution is 7.88. The Labute approximate surface area is 131 Å². The number of aryl methyl sites for hydroxylation is 2. The zero-order valence-corrected chi connectivity index (χ0v) is 14.0. The molecule has 0 saturated carbocycles. The second-order valence-corrected chi connectivity index (χ2v) is 7.86. The van der Waals surface area contributed by atoms with Gasteiger partial charge in [-0.15, -0.1) is 0 Å². The molecule has 2 rings (SSSR count). The van der Waals surface area contributed by atoms with Gasteiger partial charge in [-0.1, -0.05) is 12.1 Å². The number of piperidine rings is 1. The summed E-state index contributed by atoms with van der Waals surface area (Å²) in [5, 5.41) is 5.69. The minimum Gasteiger partial charge on any atom is -0.334 e. The van der Waals surface area contributed by atoms with Gasteiger partial charge in [0.2, 0.25) is 10.0 Å². The molecule has 6 nitrogen and oxygen atoms in total. The highest BCUT2D eigenvalue weighted by Crippen LogP contribution is 2.17. The third-order valence-electron chi connectivity index (χ3n) is 3.83. The molecule has 0 spiro atoms. The van der Waals surface area contributed by atoms with Crippen LogP contribution in [0.2, 0.25) is 0 Å². The van der Waals surface area contributed by atoms with Gasteiger partial charge in [-0.2, -0.15) is 0 Å². The monoisotopic (exact) mass is 325 g/mol. The molecular weight excluding hydrogens is 302 g/mol. The quantitative estimate of drug-likeness (QED) is 0.890. The van der Waals surface area contributed by atoms with Crippen molar-refractivity contribution >= 4 is 21.7 Å². The number of urea groups is 1. The Balaban J connectivity index is 1.96. The van der Waals surface area contributed by atoms with E-state index in [-0.39, 0.29) is 12.1 Å². The second kappa shape index (κ2) is 6.66. The third kappa shape index (κ3) is 4.45. The van der Waals surface area contributed by atoms with Crippen molar-refractivity contribution < 1.29 is 13.2 Å².